The van der Waals surface area contributed by atoms with Gasteiger partial charge in [0.15, 0.2) is 0 Å². The van der Waals surface area contributed by atoms with Crippen LogP contribution in [0.3, 0.4) is 0 Å². The molecule has 0 spiro atoms. The van der Waals surface area contributed by atoms with Crippen molar-refractivity contribution < 1.29 is 58.8 Å². The van der Waals surface area contributed by atoms with Crippen molar-refractivity contribution >= 4 is 11.9 Å². The third-order valence-electron chi connectivity index (χ3n) is 0.908. The van der Waals surface area contributed by atoms with E-state index in [-0.39, 0.29) is 51.8 Å². The SMILES string of the molecule is CCCC(=O)[O-].CCCC(=O)[O-].[Rh+3].[Rh+3]. The summed E-state index contributed by atoms with van der Waals surface area (Å²) in [4.78, 5) is 19.0. The second-order valence-corrected chi connectivity index (χ2v) is 2.24. The number of carbonyl (C=O) groups is 2. The van der Waals surface area contributed by atoms with Crippen LogP contribution in [0.4, 0.5) is 0 Å². The van der Waals surface area contributed by atoms with E-state index >= 15 is 0 Å². The molecule has 6 heteroatoms. The molecule has 0 bridgehead atoms. The fourth-order valence-corrected chi connectivity index (χ4v) is 0.408. The first kappa shape index (κ1) is 23.8. The van der Waals surface area contributed by atoms with Gasteiger partial charge in [0.05, 0.1) is 0 Å². The molecule has 0 amide bonds. The monoisotopic (exact) mass is 380 g/mol. The summed E-state index contributed by atoms with van der Waals surface area (Å²) in [5, 5.41) is 19.0. The zero-order chi connectivity index (χ0) is 9.98. The molecule has 0 aliphatic heterocycles. The van der Waals surface area contributed by atoms with Gasteiger partial charge in [-0.2, -0.15) is 0 Å². The summed E-state index contributed by atoms with van der Waals surface area (Å²) in [6.45, 7) is 3.60. The van der Waals surface area contributed by atoms with Crippen LogP contribution in [0.25, 0.3) is 0 Å². The van der Waals surface area contributed by atoms with E-state index in [0.717, 1.165) is 0 Å². The molecule has 14 heavy (non-hydrogen) atoms. The standard InChI is InChI=1S/2C4H8O2.2Rh/c2*1-2-3-4(5)6;;/h2*2-3H2,1H3,(H,5,6);;/q;;2*+3/p-2. The van der Waals surface area contributed by atoms with E-state index in [1.54, 1.807) is 13.8 Å². The van der Waals surface area contributed by atoms with Crippen LogP contribution < -0.4 is 10.2 Å². The van der Waals surface area contributed by atoms with Crippen molar-refractivity contribution in [2.24, 2.45) is 0 Å². The van der Waals surface area contributed by atoms with Crippen LogP contribution >= 0.6 is 0 Å². The van der Waals surface area contributed by atoms with Crippen LogP contribution in [0.1, 0.15) is 39.5 Å². The molecular formula is C8H14O4Rh2+4. The maximum absolute atomic E-state index is 9.49. The Morgan fingerprint density at radius 2 is 1.07 bits per heavy atom. The van der Waals surface area contributed by atoms with Gasteiger partial charge < -0.3 is 19.8 Å². The molecule has 0 saturated carbocycles. The molecule has 84 valence electrons. The summed E-state index contributed by atoms with van der Waals surface area (Å²) in [5.74, 6) is -1.92. The Hall–Kier alpha value is 0.187. The topological polar surface area (TPSA) is 80.3 Å². The Bertz CT molecular complexity index is 123. The molecule has 0 rings (SSSR count). The average Bonchev–Trinajstić information content (AvgIpc) is 1.87. The Kier molecular flexibility index (Phi) is 32.0. The molecular weight excluding hydrogens is 366 g/mol. The summed E-state index contributed by atoms with van der Waals surface area (Å²) < 4.78 is 0. The van der Waals surface area contributed by atoms with Gasteiger partial charge in [0.25, 0.3) is 0 Å². The van der Waals surface area contributed by atoms with Crippen molar-refractivity contribution in [1.29, 1.82) is 0 Å². The van der Waals surface area contributed by atoms with Crippen LogP contribution in [0.2, 0.25) is 0 Å². The zero-order valence-electron chi connectivity index (χ0n) is 8.13. The van der Waals surface area contributed by atoms with E-state index in [1.165, 1.54) is 0 Å². The van der Waals surface area contributed by atoms with Gasteiger partial charge in [0.2, 0.25) is 0 Å². The van der Waals surface area contributed by atoms with Crippen molar-refractivity contribution in [2.45, 2.75) is 39.5 Å². The fourth-order valence-electron chi connectivity index (χ4n) is 0.408. The number of carboxylic acid groups (broad SMARTS) is 2. The molecule has 0 aliphatic rings. The summed E-state index contributed by atoms with van der Waals surface area (Å²) in [7, 11) is 0. The smallest absolute Gasteiger partial charge is 0.550 e. The first-order valence-electron chi connectivity index (χ1n) is 3.94. The number of carbonyl (C=O) groups excluding carboxylic acids is 2. The van der Waals surface area contributed by atoms with Crippen molar-refractivity contribution in [3.05, 3.63) is 0 Å². The molecule has 0 unspecified atom stereocenters. The van der Waals surface area contributed by atoms with Crippen LogP contribution in [0.15, 0.2) is 0 Å². The zero-order valence-corrected chi connectivity index (χ0v) is 11.4. The first-order valence-corrected chi connectivity index (χ1v) is 3.94. The van der Waals surface area contributed by atoms with Crippen LogP contribution in [0.5, 0.6) is 0 Å². The van der Waals surface area contributed by atoms with Gasteiger partial charge in [0.1, 0.15) is 0 Å². The van der Waals surface area contributed by atoms with Crippen LogP contribution in [0, 0.1) is 0 Å². The molecule has 0 saturated heterocycles. The minimum atomic E-state index is -0.961. The predicted octanol–water partition coefficient (Wildman–Crippen LogP) is -0.932. The predicted molar refractivity (Wildman–Crippen MR) is 39.8 cm³/mol. The van der Waals surface area contributed by atoms with Crippen molar-refractivity contribution in [1.82, 2.24) is 0 Å². The fraction of sp³-hybridized carbons (Fsp3) is 0.750. The normalized spacial score (nSPS) is 7.00. The van der Waals surface area contributed by atoms with Gasteiger partial charge in [-0.15, -0.1) is 0 Å². The molecule has 0 N–H and O–H groups in total. The number of carboxylic acids is 2. The largest absolute Gasteiger partial charge is 3.00 e. The molecule has 0 aromatic heterocycles. The Morgan fingerprint density at radius 1 is 0.857 bits per heavy atom. The summed E-state index contributed by atoms with van der Waals surface area (Å²) >= 11 is 0. The molecule has 0 aliphatic carbocycles. The third-order valence-corrected chi connectivity index (χ3v) is 0.908. The van der Waals surface area contributed by atoms with Crippen LogP contribution in [-0.2, 0) is 48.5 Å². The van der Waals surface area contributed by atoms with Gasteiger partial charge in [-0.3, -0.25) is 0 Å². The molecule has 0 heterocycles. The van der Waals surface area contributed by atoms with Crippen LogP contribution in [-0.4, -0.2) is 11.9 Å². The first-order chi connectivity index (χ1) is 5.54. The van der Waals surface area contributed by atoms with Gasteiger partial charge in [-0.1, -0.05) is 26.7 Å². The third kappa shape index (κ3) is 39.8. The van der Waals surface area contributed by atoms with E-state index in [2.05, 4.69) is 0 Å². The maximum atomic E-state index is 9.49. The average molecular weight is 380 g/mol. The quantitative estimate of drug-likeness (QED) is 0.591. The summed E-state index contributed by atoms with van der Waals surface area (Å²) in [6.07, 6.45) is 1.70. The summed E-state index contributed by atoms with van der Waals surface area (Å²) in [5.41, 5.74) is 0. The van der Waals surface area contributed by atoms with E-state index in [4.69, 9.17) is 0 Å². The second kappa shape index (κ2) is 18.9. The minimum Gasteiger partial charge on any atom is -0.550 e. The molecule has 4 nitrogen and oxygen atoms in total. The van der Waals surface area contributed by atoms with Gasteiger partial charge in [-0.05, 0) is 12.8 Å². The van der Waals surface area contributed by atoms with Gasteiger partial charge in [-0.25, -0.2) is 0 Å². The van der Waals surface area contributed by atoms with Gasteiger partial charge >= 0.3 is 39.0 Å². The van der Waals surface area contributed by atoms with Crippen molar-refractivity contribution in [2.75, 3.05) is 0 Å². The molecule has 0 aromatic rings. The van der Waals surface area contributed by atoms with Crippen molar-refractivity contribution in [3.63, 3.8) is 0 Å². The molecule has 0 radical (unpaired) electrons. The number of aliphatic carboxylic acids is 2. The number of hydrogen-bond acceptors (Lipinski definition) is 4. The Labute approximate surface area is 110 Å². The Balaban J connectivity index is -0.0000000625. The van der Waals surface area contributed by atoms with E-state index in [9.17, 15) is 19.8 Å². The maximum Gasteiger partial charge on any atom is 3.00 e. The van der Waals surface area contributed by atoms with E-state index < -0.39 is 11.9 Å². The molecule has 0 atom stereocenters. The van der Waals surface area contributed by atoms with Gasteiger partial charge in [0, 0.05) is 11.9 Å². The number of rotatable bonds is 4. The number of hydrogen-bond donors (Lipinski definition) is 0. The minimum absolute atomic E-state index is 0. The van der Waals surface area contributed by atoms with E-state index in [1.807, 2.05) is 0 Å². The Morgan fingerprint density at radius 3 is 1.07 bits per heavy atom. The second-order valence-electron chi connectivity index (χ2n) is 2.24. The molecule has 0 fully saturated rings. The van der Waals surface area contributed by atoms with E-state index in [0.29, 0.717) is 12.8 Å². The molecule has 0 aromatic carbocycles. The van der Waals surface area contributed by atoms with Crippen molar-refractivity contribution in [3.8, 4) is 0 Å². The summed E-state index contributed by atoms with van der Waals surface area (Å²) in [6, 6.07) is 0.